The number of benzene rings is 2. The molecule has 1 saturated heterocycles. The van der Waals surface area contributed by atoms with Gasteiger partial charge in [0.1, 0.15) is 29.4 Å². The van der Waals surface area contributed by atoms with Gasteiger partial charge in [0.15, 0.2) is 0 Å². The van der Waals surface area contributed by atoms with Crippen molar-refractivity contribution in [2.45, 2.75) is 6.61 Å². The van der Waals surface area contributed by atoms with Crippen molar-refractivity contribution in [2.24, 2.45) is 0 Å². The van der Waals surface area contributed by atoms with E-state index >= 15 is 4.39 Å². The monoisotopic (exact) mass is 453 g/mol. The number of carbonyl (C=O) groups is 1. The van der Waals surface area contributed by atoms with Crippen molar-refractivity contribution in [1.29, 1.82) is 5.26 Å². The number of anilines is 1. The van der Waals surface area contributed by atoms with Gasteiger partial charge in [-0.25, -0.2) is 9.37 Å². The number of pyridine rings is 1. The molecule has 0 aliphatic carbocycles. The van der Waals surface area contributed by atoms with Crippen molar-refractivity contribution in [3.05, 3.63) is 77.2 Å². The maximum Gasteiger partial charge on any atom is 0.268 e. The van der Waals surface area contributed by atoms with E-state index in [4.69, 9.17) is 15.0 Å². The molecular formula is C26H20FN5O2. The van der Waals surface area contributed by atoms with Crippen LogP contribution < -0.4 is 15.0 Å². The van der Waals surface area contributed by atoms with Crippen molar-refractivity contribution in [3.8, 4) is 23.2 Å². The van der Waals surface area contributed by atoms with Crippen LogP contribution in [0.2, 0.25) is 0 Å². The molecule has 8 heteroatoms. The molecule has 4 heterocycles. The number of ether oxygens (including phenoxy) is 1. The average Bonchev–Trinajstić information content (AvgIpc) is 3.46. The lowest BCUT2D eigenvalue weighted by Crippen LogP contribution is -2.43. The maximum atomic E-state index is 15.3. The molecule has 4 aromatic rings. The zero-order valence-corrected chi connectivity index (χ0v) is 18.2. The smallest absolute Gasteiger partial charge is 0.268 e. The van der Waals surface area contributed by atoms with Crippen molar-refractivity contribution in [2.75, 3.05) is 31.1 Å². The third-order valence-electron chi connectivity index (χ3n) is 6.35. The summed E-state index contributed by atoms with van der Waals surface area (Å²) in [5, 5.41) is 12.8. The fourth-order valence-electron chi connectivity index (χ4n) is 4.63. The average molecular weight is 453 g/mol. The van der Waals surface area contributed by atoms with Gasteiger partial charge in [0.2, 0.25) is 0 Å². The molecule has 0 atom stereocenters. The number of aromatic nitrogens is 2. The minimum absolute atomic E-state index is 0.167. The van der Waals surface area contributed by atoms with Crippen LogP contribution in [0.25, 0.3) is 22.3 Å². The van der Waals surface area contributed by atoms with E-state index in [2.05, 4.69) is 11.4 Å². The van der Waals surface area contributed by atoms with E-state index in [0.29, 0.717) is 57.9 Å². The topological polar surface area (TPSA) is 83.2 Å². The van der Waals surface area contributed by atoms with Crippen molar-refractivity contribution in [1.82, 2.24) is 14.9 Å². The van der Waals surface area contributed by atoms with Gasteiger partial charge in [-0.15, -0.1) is 0 Å². The van der Waals surface area contributed by atoms with Crippen LogP contribution >= 0.6 is 0 Å². The Bertz CT molecular complexity index is 1480. The highest BCUT2D eigenvalue weighted by atomic mass is 19.1. The van der Waals surface area contributed by atoms with Crippen LogP contribution in [-0.2, 0) is 6.61 Å². The number of halogens is 1. The standard InChI is InChI=1S/C26H20FN5O2/c27-19-12-18-20(13-22(19)31-10-7-29-8-11-31)30-24-21-2-1-9-32(21)26(33)23(24)25(18)34-15-17-5-3-16(14-28)4-6-17/h1-6,9,12-13,29H,7-8,10-11,15H2. The molecule has 2 aliphatic rings. The molecule has 1 fully saturated rings. The Kier molecular flexibility index (Phi) is 4.78. The Hall–Kier alpha value is -4.22. The molecular weight excluding hydrogens is 433 g/mol. The summed E-state index contributed by atoms with van der Waals surface area (Å²) in [6.45, 7) is 3.15. The molecule has 168 valence electrons. The van der Waals surface area contributed by atoms with Crippen LogP contribution in [0.4, 0.5) is 10.1 Å². The number of hydrogen-bond donors (Lipinski definition) is 1. The number of nitrogens with zero attached hydrogens (tertiary/aromatic N) is 4. The van der Waals surface area contributed by atoms with Gasteiger partial charge in [-0.2, -0.15) is 5.26 Å². The molecule has 2 aromatic carbocycles. The van der Waals surface area contributed by atoms with Crippen molar-refractivity contribution < 1.29 is 13.9 Å². The number of piperazine rings is 1. The summed E-state index contributed by atoms with van der Waals surface area (Å²) in [6.07, 6.45) is 1.70. The highest BCUT2D eigenvalue weighted by molar-refractivity contribution is 6.14. The van der Waals surface area contributed by atoms with Gasteiger partial charge in [0.05, 0.1) is 28.5 Å². The number of carbonyl (C=O) groups excluding carboxylic acids is 1. The van der Waals surface area contributed by atoms with Gasteiger partial charge < -0.3 is 15.0 Å². The molecule has 1 N–H and O–H groups in total. The summed E-state index contributed by atoms with van der Waals surface area (Å²) in [5.74, 6) is -0.293. The molecule has 0 amide bonds. The van der Waals surface area contributed by atoms with Gasteiger partial charge in [-0.3, -0.25) is 9.36 Å². The molecule has 7 nitrogen and oxygen atoms in total. The Morgan fingerprint density at radius 2 is 1.94 bits per heavy atom. The first-order valence-corrected chi connectivity index (χ1v) is 11.1. The zero-order chi connectivity index (χ0) is 23.2. The summed E-state index contributed by atoms with van der Waals surface area (Å²) in [5.41, 5.74) is 4.03. The first-order chi connectivity index (χ1) is 16.6. The number of nitrogens with one attached hydrogen (secondary N) is 1. The van der Waals surface area contributed by atoms with Gasteiger partial charge in [-0.1, -0.05) is 12.1 Å². The van der Waals surface area contributed by atoms with Crippen LogP contribution in [0, 0.1) is 17.1 Å². The number of fused-ring (bicyclic) bond motifs is 4. The minimum atomic E-state index is -0.371. The van der Waals surface area contributed by atoms with Gasteiger partial charge >= 0.3 is 0 Å². The van der Waals surface area contributed by atoms with E-state index in [9.17, 15) is 4.79 Å². The van der Waals surface area contributed by atoms with Crippen LogP contribution in [0.3, 0.4) is 0 Å². The molecule has 0 bridgehead atoms. The zero-order valence-electron chi connectivity index (χ0n) is 18.2. The second-order valence-corrected chi connectivity index (χ2v) is 8.39. The quantitative estimate of drug-likeness (QED) is 0.447. The molecule has 2 aromatic heterocycles. The third kappa shape index (κ3) is 3.21. The third-order valence-corrected chi connectivity index (χ3v) is 6.35. The number of nitriles is 1. The van der Waals surface area contributed by atoms with E-state index in [0.717, 1.165) is 18.7 Å². The fourth-order valence-corrected chi connectivity index (χ4v) is 4.63. The minimum Gasteiger partial charge on any atom is -0.487 e. The molecule has 0 radical (unpaired) electrons. The predicted molar refractivity (Wildman–Crippen MR) is 125 cm³/mol. The Labute approximate surface area is 195 Å². The SMILES string of the molecule is N#Cc1ccc(COc2c3c(nc4cc(N5CCNCC5)c(F)cc24)-c2cccn2C3=O)cc1. The van der Waals surface area contributed by atoms with Crippen LogP contribution in [0.15, 0.2) is 54.7 Å². The maximum absolute atomic E-state index is 15.3. The largest absolute Gasteiger partial charge is 0.487 e. The lowest BCUT2D eigenvalue weighted by molar-refractivity contribution is 0.0965. The highest BCUT2D eigenvalue weighted by Gasteiger charge is 2.33. The van der Waals surface area contributed by atoms with Gasteiger partial charge in [0, 0.05) is 37.8 Å². The molecule has 0 spiro atoms. The highest BCUT2D eigenvalue weighted by Crippen LogP contribution is 2.42. The van der Waals surface area contributed by atoms with E-state index in [1.807, 2.05) is 11.0 Å². The Morgan fingerprint density at radius 3 is 2.71 bits per heavy atom. The van der Waals surface area contributed by atoms with Crippen LogP contribution in [-0.4, -0.2) is 41.6 Å². The second kappa shape index (κ2) is 7.97. The summed E-state index contributed by atoms with van der Waals surface area (Å²) >= 11 is 0. The number of rotatable bonds is 4. The summed E-state index contributed by atoms with van der Waals surface area (Å²) in [4.78, 5) is 20.0. The molecule has 0 saturated carbocycles. The predicted octanol–water partition coefficient (Wildman–Crippen LogP) is 3.70. The van der Waals surface area contributed by atoms with E-state index < -0.39 is 0 Å². The summed E-state index contributed by atoms with van der Waals surface area (Å²) < 4.78 is 23.0. The summed E-state index contributed by atoms with van der Waals surface area (Å²) in [7, 11) is 0. The lowest BCUT2D eigenvalue weighted by atomic mass is 10.1. The van der Waals surface area contributed by atoms with E-state index in [1.54, 1.807) is 47.2 Å². The van der Waals surface area contributed by atoms with Crippen molar-refractivity contribution >= 4 is 22.5 Å². The lowest BCUT2D eigenvalue weighted by Gasteiger charge is -2.30. The normalized spacial score (nSPS) is 14.7. The van der Waals surface area contributed by atoms with Crippen LogP contribution in [0.5, 0.6) is 5.75 Å². The fraction of sp³-hybridized carbons (Fsp3) is 0.192. The second-order valence-electron chi connectivity index (χ2n) is 8.39. The van der Waals surface area contributed by atoms with Crippen molar-refractivity contribution in [3.63, 3.8) is 0 Å². The Balaban J connectivity index is 1.48. The molecule has 0 unspecified atom stereocenters. The molecule has 2 aliphatic heterocycles. The number of hydrogen-bond acceptors (Lipinski definition) is 6. The van der Waals surface area contributed by atoms with Gasteiger partial charge in [0.25, 0.3) is 5.91 Å². The van der Waals surface area contributed by atoms with Crippen LogP contribution in [0.1, 0.15) is 21.5 Å². The molecule has 6 rings (SSSR count). The summed E-state index contributed by atoms with van der Waals surface area (Å²) in [6, 6.07) is 15.9. The van der Waals surface area contributed by atoms with E-state index in [1.165, 1.54) is 6.07 Å². The first-order valence-electron chi connectivity index (χ1n) is 11.1. The first kappa shape index (κ1) is 20.4. The van der Waals surface area contributed by atoms with E-state index in [-0.39, 0.29) is 18.3 Å². The molecule has 34 heavy (non-hydrogen) atoms. The van der Waals surface area contributed by atoms with Gasteiger partial charge in [-0.05, 0) is 42.0 Å². The Morgan fingerprint density at radius 1 is 1.15 bits per heavy atom.